The molecule has 0 aromatic heterocycles. The van der Waals surface area contributed by atoms with E-state index >= 15 is 0 Å². The molecule has 0 spiro atoms. The third kappa shape index (κ3) is 2.42. The van der Waals surface area contributed by atoms with Crippen LogP contribution in [0.1, 0.15) is 22.8 Å². The third-order valence-electron chi connectivity index (χ3n) is 3.15. The summed E-state index contributed by atoms with van der Waals surface area (Å²) in [5.41, 5.74) is 8.14. The van der Waals surface area contributed by atoms with E-state index in [0.717, 1.165) is 5.56 Å². The van der Waals surface area contributed by atoms with E-state index in [1.807, 2.05) is 30.9 Å². The molecule has 1 atom stereocenters. The summed E-state index contributed by atoms with van der Waals surface area (Å²) < 4.78 is 5.32. The van der Waals surface area contributed by atoms with E-state index in [0.29, 0.717) is 31.0 Å². The number of carbonyl (C=O) groups is 1. The molecule has 0 radical (unpaired) electrons. The van der Waals surface area contributed by atoms with Crippen LogP contribution in [0.4, 0.5) is 5.69 Å². The summed E-state index contributed by atoms with van der Waals surface area (Å²) in [6.45, 7) is 5.79. The standard InChI is InChI=1S/C13H18N2O2/c1-9-3-4-11(7-12(9)14)13(16)15-5-6-17-8-10(15)2/h3-4,7,10H,5-6,8,14H2,1-2H3/t10-/m1/s1. The molecule has 92 valence electrons. The number of hydrogen-bond donors (Lipinski definition) is 1. The Labute approximate surface area is 101 Å². The van der Waals surface area contributed by atoms with Gasteiger partial charge < -0.3 is 15.4 Å². The van der Waals surface area contributed by atoms with Crippen molar-refractivity contribution in [3.63, 3.8) is 0 Å². The lowest BCUT2D eigenvalue weighted by Crippen LogP contribution is -2.47. The molecule has 1 aliphatic rings. The fourth-order valence-corrected chi connectivity index (χ4v) is 1.97. The van der Waals surface area contributed by atoms with Crippen molar-refractivity contribution in [2.24, 2.45) is 0 Å². The number of hydrogen-bond acceptors (Lipinski definition) is 3. The van der Waals surface area contributed by atoms with Crippen molar-refractivity contribution in [3.8, 4) is 0 Å². The van der Waals surface area contributed by atoms with Crippen LogP contribution in [-0.4, -0.2) is 36.6 Å². The summed E-state index contributed by atoms with van der Waals surface area (Å²) in [7, 11) is 0. The second kappa shape index (κ2) is 4.75. The summed E-state index contributed by atoms with van der Waals surface area (Å²) in [5.74, 6) is 0.0347. The van der Waals surface area contributed by atoms with E-state index in [1.165, 1.54) is 0 Å². The van der Waals surface area contributed by atoms with Gasteiger partial charge in [-0.1, -0.05) is 6.07 Å². The Bertz CT molecular complexity index is 431. The smallest absolute Gasteiger partial charge is 0.254 e. The van der Waals surface area contributed by atoms with Crippen molar-refractivity contribution in [2.75, 3.05) is 25.5 Å². The molecule has 1 aromatic carbocycles. The molecule has 4 nitrogen and oxygen atoms in total. The van der Waals surface area contributed by atoms with E-state index in [-0.39, 0.29) is 11.9 Å². The molecule has 1 amide bonds. The van der Waals surface area contributed by atoms with Crippen LogP contribution in [0.15, 0.2) is 18.2 Å². The number of nitrogens with zero attached hydrogens (tertiary/aromatic N) is 1. The highest BCUT2D eigenvalue weighted by atomic mass is 16.5. The Kier molecular flexibility index (Phi) is 3.33. The van der Waals surface area contributed by atoms with Gasteiger partial charge in [0.15, 0.2) is 0 Å². The van der Waals surface area contributed by atoms with E-state index in [9.17, 15) is 4.79 Å². The molecular weight excluding hydrogens is 216 g/mol. The van der Waals surface area contributed by atoms with Crippen molar-refractivity contribution < 1.29 is 9.53 Å². The monoisotopic (exact) mass is 234 g/mol. The van der Waals surface area contributed by atoms with E-state index in [4.69, 9.17) is 10.5 Å². The highest BCUT2D eigenvalue weighted by Crippen LogP contribution is 2.17. The van der Waals surface area contributed by atoms with Gasteiger partial charge in [0.1, 0.15) is 0 Å². The quantitative estimate of drug-likeness (QED) is 0.748. The number of amides is 1. The summed E-state index contributed by atoms with van der Waals surface area (Å²) >= 11 is 0. The van der Waals surface area contributed by atoms with Crippen LogP contribution < -0.4 is 5.73 Å². The Morgan fingerprint density at radius 2 is 2.29 bits per heavy atom. The molecule has 2 rings (SSSR count). The molecular formula is C13H18N2O2. The molecule has 17 heavy (non-hydrogen) atoms. The highest BCUT2D eigenvalue weighted by molar-refractivity contribution is 5.95. The lowest BCUT2D eigenvalue weighted by atomic mass is 10.1. The van der Waals surface area contributed by atoms with Crippen LogP contribution in [0.2, 0.25) is 0 Å². The Balaban J connectivity index is 2.21. The van der Waals surface area contributed by atoms with E-state index in [2.05, 4.69) is 0 Å². The zero-order chi connectivity index (χ0) is 12.4. The molecule has 1 aliphatic heterocycles. The van der Waals surface area contributed by atoms with Crippen molar-refractivity contribution in [2.45, 2.75) is 19.9 Å². The molecule has 0 saturated carbocycles. The van der Waals surface area contributed by atoms with Gasteiger partial charge in [-0.2, -0.15) is 0 Å². The van der Waals surface area contributed by atoms with Gasteiger partial charge in [0, 0.05) is 17.8 Å². The predicted octanol–water partition coefficient (Wildman–Crippen LogP) is 1.44. The fourth-order valence-electron chi connectivity index (χ4n) is 1.97. The van der Waals surface area contributed by atoms with E-state index < -0.39 is 0 Å². The molecule has 1 aromatic rings. The lowest BCUT2D eigenvalue weighted by Gasteiger charge is -2.33. The predicted molar refractivity (Wildman–Crippen MR) is 66.9 cm³/mol. The van der Waals surface area contributed by atoms with Crippen LogP contribution >= 0.6 is 0 Å². The number of rotatable bonds is 1. The minimum absolute atomic E-state index is 0.0347. The second-order valence-corrected chi connectivity index (χ2v) is 4.49. The van der Waals surface area contributed by atoms with Gasteiger partial charge in [0.05, 0.1) is 19.3 Å². The summed E-state index contributed by atoms with van der Waals surface area (Å²) in [6, 6.07) is 5.59. The van der Waals surface area contributed by atoms with Crippen LogP contribution in [0.5, 0.6) is 0 Å². The highest BCUT2D eigenvalue weighted by Gasteiger charge is 2.24. The number of anilines is 1. The maximum atomic E-state index is 12.3. The van der Waals surface area contributed by atoms with Crippen molar-refractivity contribution in [3.05, 3.63) is 29.3 Å². The molecule has 2 N–H and O–H groups in total. The fraction of sp³-hybridized carbons (Fsp3) is 0.462. The molecule has 1 fully saturated rings. The third-order valence-corrected chi connectivity index (χ3v) is 3.15. The first-order valence-electron chi connectivity index (χ1n) is 5.84. The SMILES string of the molecule is Cc1ccc(C(=O)N2CCOC[C@H]2C)cc1N. The average molecular weight is 234 g/mol. The summed E-state index contributed by atoms with van der Waals surface area (Å²) in [6.07, 6.45) is 0. The van der Waals surface area contributed by atoms with Gasteiger partial charge >= 0.3 is 0 Å². The van der Waals surface area contributed by atoms with Crippen LogP contribution in [0.3, 0.4) is 0 Å². The molecule has 1 saturated heterocycles. The van der Waals surface area contributed by atoms with E-state index in [1.54, 1.807) is 6.07 Å². The Hall–Kier alpha value is -1.55. The molecule has 4 heteroatoms. The maximum absolute atomic E-state index is 12.3. The molecule has 0 aliphatic carbocycles. The minimum atomic E-state index is 0.0347. The zero-order valence-electron chi connectivity index (χ0n) is 10.3. The number of benzene rings is 1. The zero-order valence-corrected chi connectivity index (χ0v) is 10.3. The van der Waals surface area contributed by atoms with Crippen molar-refractivity contribution in [1.29, 1.82) is 0 Å². The van der Waals surface area contributed by atoms with Crippen molar-refractivity contribution >= 4 is 11.6 Å². The average Bonchev–Trinajstić information content (AvgIpc) is 2.32. The Morgan fingerprint density at radius 3 is 2.94 bits per heavy atom. The molecule has 0 bridgehead atoms. The number of nitrogens with two attached hydrogens (primary N) is 1. The van der Waals surface area contributed by atoms with Crippen LogP contribution in [0.25, 0.3) is 0 Å². The second-order valence-electron chi connectivity index (χ2n) is 4.49. The van der Waals surface area contributed by atoms with Gasteiger partial charge in [0.25, 0.3) is 5.91 Å². The van der Waals surface area contributed by atoms with Crippen LogP contribution in [0, 0.1) is 6.92 Å². The summed E-state index contributed by atoms with van der Waals surface area (Å²) in [4.78, 5) is 14.1. The first-order valence-corrected chi connectivity index (χ1v) is 5.84. The van der Waals surface area contributed by atoms with Gasteiger partial charge in [-0.05, 0) is 31.5 Å². The first kappa shape index (κ1) is 11.9. The maximum Gasteiger partial charge on any atom is 0.254 e. The van der Waals surface area contributed by atoms with Gasteiger partial charge in [-0.15, -0.1) is 0 Å². The number of carbonyl (C=O) groups excluding carboxylic acids is 1. The number of ether oxygens (including phenoxy) is 1. The van der Waals surface area contributed by atoms with Gasteiger partial charge in [-0.25, -0.2) is 0 Å². The summed E-state index contributed by atoms with van der Waals surface area (Å²) in [5, 5.41) is 0. The normalized spacial score (nSPS) is 20.4. The number of nitrogen functional groups attached to an aromatic ring is 1. The molecule has 0 unspecified atom stereocenters. The van der Waals surface area contributed by atoms with Gasteiger partial charge in [0.2, 0.25) is 0 Å². The van der Waals surface area contributed by atoms with Crippen LogP contribution in [-0.2, 0) is 4.74 Å². The Morgan fingerprint density at radius 1 is 1.53 bits per heavy atom. The van der Waals surface area contributed by atoms with Crippen molar-refractivity contribution in [1.82, 2.24) is 4.90 Å². The number of aryl methyl sites for hydroxylation is 1. The largest absolute Gasteiger partial charge is 0.398 e. The topological polar surface area (TPSA) is 55.6 Å². The lowest BCUT2D eigenvalue weighted by molar-refractivity contribution is 0.00360. The minimum Gasteiger partial charge on any atom is -0.398 e. The molecule has 1 heterocycles. The number of morpholine rings is 1. The van der Waals surface area contributed by atoms with Gasteiger partial charge in [-0.3, -0.25) is 4.79 Å². The first-order chi connectivity index (χ1) is 8.09.